The van der Waals surface area contributed by atoms with Crippen LogP contribution in [0.1, 0.15) is 30.0 Å². The number of hydrogen-bond donors (Lipinski definition) is 1. The molecular weight excluding hydrogens is 429 g/mol. The molecule has 0 saturated carbocycles. The summed E-state index contributed by atoms with van der Waals surface area (Å²) in [5.74, 6) is 0. The molecule has 0 aromatic heterocycles. The minimum atomic E-state index is -4.68. The number of nitrogens with one attached hydrogen (secondary N) is 1. The van der Waals surface area contributed by atoms with E-state index in [4.69, 9.17) is 11.6 Å². The molecule has 0 unspecified atom stereocenters. The van der Waals surface area contributed by atoms with Gasteiger partial charge in [0, 0.05) is 43.7 Å². The Bertz CT molecular complexity index is 559. The lowest BCUT2D eigenvalue weighted by Gasteiger charge is -2.36. The number of nitrogens with zero attached hydrogens (tertiary/aromatic N) is 1. The van der Waals surface area contributed by atoms with Crippen molar-refractivity contribution in [3.05, 3.63) is 34.3 Å². The second-order valence-electron chi connectivity index (χ2n) is 5.68. The van der Waals surface area contributed by atoms with Crippen LogP contribution in [0.15, 0.2) is 18.2 Å². The highest BCUT2D eigenvalue weighted by Crippen LogP contribution is 2.40. The summed E-state index contributed by atoms with van der Waals surface area (Å²) in [6, 6.07) is 2.30. The third kappa shape index (κ3) is 7.31. The van der Waals surface area contributed by atoms with E-state index in [-0.39, 0.29) is 35.4 Å². The highest BCUT2D eigenvalue weighted by molar-refractivity contribution is 6.30. The van der Waals surface area contributed by atoms with Crippen LogP contribution in [-0.4, -0.2) is 37.3 Å². The third-order valence-corrected chi connectivity index (χ3v) is 4.21. The van der Waals surface area contributed by atoms with Crippen molar-refractivity contribution in [2.75, 3.05) is 26.2 Å². The first kappa shape index (κ1) is 25.6. The van der Waals surface area contributed by atoms with Gasteiger partial charge in [0.05, 0.1) is 5.56 Å². The Hall–Kier alpha value is -0.410. The fourth-order valence-corrected chi connectivity index (χ4v) is 3.07. The minimum absolute atomic E-state index is 0. The van der Waals surface area contributed by atoms with Gasteiger partial charge in [-0.3, -0.25) is 4.90 Å². The molecule has 2 rings (SSSR count). The van der Waals surface area contributed by atoms with E-state index < -0.39 is 36.8 Å². The van der Waals surface area contributed by atoms with Crippen LogP contribution in [-0.2, 0) is 6.18 Å². The Labute approximate surface area is 165 Å². The lowest BCUT2D eigenvalue weighted by Crippen LogP contribution is -2.45. The summed E-state index contributed by atoms with van der Waals surface area (Å²) in [5, 5.41) is 2.94. The van der Waals surface area contributed by atoms with Gasteiger partial charge in [0.1, 0.15) is 0 Å². The smallest absolute Gasteiger partial charge is 0.314 e. The Balaban J connectivity index is 0.00000312. The van der Waals surface area contributed by atoms with Crippen LogP contribution in [0, 0.1) is 0 Å². The maximum atomic E-state index is 13.3. The molecule has 1 heterocycles. The predicted octanol–water partition coefficient (Wildman–Crippen LogP) is 5.49. The predicted molar refractivity (Wildman–Crippen MR) is 93.4 cm³/mol. The van der Waals surface area contributed by atoms with Crippen LogP contribution in [0.25, 0.3) is 0 Å². The van der Waals surface area contributed by atoms with E-state index >= 15 is 0 Å². The van der Waals surface area contributed by atoms with E-state index in [2.05, 4.69) is 5.32 Å². The van der Waals surface area contributed by atoms with Gasteiger partial charge in [-0.1, -0.05) is 17.7 Å². The molecule has 1 aromatic carbocycles. The average Bonchev–Trinajstić information content (AvgIpc) is 2.47. The summed E-state index contributed by atoms with van der Waals surface area (Å²) in [4.78, 5) is 1.67. The second-order valence-corrected chi connectivity index (χ2v) is 6.12. The zero-order valence-corrected chi connectivity index (χ0v) is 15.9. The van der Waals surface area contributed by atoms with Gasteiger partial charge in [-0.25, -0.2) is 0 Å². The van der Waals surface area contributed by atoms with E-state index in [0.717, 1.165) is 6.07 Å². The molecule has 0 bridgehead atoms. The van der Waals surface area contributed by atoms with Gasteiger partial charge in [-0.2, -0.15) is 26.3 Å². The summed E-state index contributed by atoms with van der Waals surface area (Å²) >= 11 is 5.66. The largest absolute Gasteiger partial charge is 0.416 e. The van der Waals surface area contributed by atoms with Crippen LogP contribution < -0.4 is 5.32 Å². The quantitative estimate of drug-likeness (QED) is 0.614. The molecular formula is C15H19Cl3F6N2. The summed E-state index contributed by atoms with van der Waals surface area (Å²) in [6.45, 7) is 1.83. The van der Waals surface area contributed by atoms with Crippen molar-refractivity contribution in [1.29, 1.82) is 0 Å². The Kier molecular flexibility index (Phi) is 10.1. The molecule has 1 aliphatic heterocycles. The second kappa shape index (κ2) is 10.2. The molecule has 0 aliphatic carbocycles. The normalized spacial score (nSPS) is 17.2. The maximum absolute atomic E-state index is 13.3. The molecule has 152 valence electrons. The van der Waals surface area contributed by atoms with E-state index in [1.54, 1.807) is 4.90 Å². The zero-order valence-electron chi connectivity index (χ0n) is 13.5. The van der Waals surface area contributed by atoms with Crippen LogP contribution in [0.5, 0.6) is 0 Å². The monoisotopic (exact) mass is 446 g/mol. The number of benzene rings is 1. The molecule has 2 nitrogen and oxygen atoms in total. The van der Waals surface area contributed by atoms with Crippen LogP contribution >= 0.6 is 36.4 Å². The van der Waals surface area contributed by atoms with Crippen molar-refractivity contribution in [2.24, 2.45) is 0 Å². The van der Waals surface area contributed by atoms with E-state index in [1.807, 2.05) is 0 Å². The molecule has 1 aliphatic rings. The maximum Gasteiger partial charge on any atom is 0.416 e. The SMILES string of the molecule is Cl.Cl.FC(F)(F)CC[C@H](c1ccc(Cl)cc1C(F)(F)F)N1CCNCC1. The molecule has 26 heavy (non-hydrogen) atoms. The fourth-order valence-electron chi connectivity index (χ4n) is 2.89. The average molecular weight is 448 g/mol. The molecule has 1 N–H and O–H groups in total. The summed E-state index contributed by atoms with van der Waals surface area (Å²) in [7, 11) is 0. The van der Waals surface area contributed by atoms with Crippen molar-refractivity contribution in [1.82, 2.24) is 10.2 Å². The van der Waals surface area contributed by atoms with Gasteiger partial charge >= 0.3 is 12.4 Å². The van der Waals surface area contributed by atoms with Gasteiger partial charge < -0.3 is 5.32 Å². The van der Waals surface area contributed by atoms with Crippen LogP contribution in [0.2, 0.25) is 5.02 Å². The number of rotatable bonds is 4. The minimum Gasteiger partial charge on any atom is -0.314 e. The molecule has 1 aromatic rings. The highest BCUT2D eigenvalue weighted by atomic mass is 35.5. The lowest BCUT2D eigenvalue weighted by molar-refractivity contribution is -0.141. The van der Waals surface area contributed by atoms with Gasteiger partial charge in [0.25, 0.3) is 0 Å². The van der Waals surface area contributed by atoms with Crippen LogP contribution in [0.4, 0.5) is 26.3 Å². The third-order valence-electron chi connectivity index (χ3n) is 3.97. The Morgan fingerprint density at radius 2 is 1.62 bits per heavy atom. The zero-order chi connectivity index (χ0) is 18.0. The topological polar surface area (TPSA) is 15.3 Å². The molecule has 0 spiro atoms. The summed E-state index contributed by atoms with van der Waals surface area (Å²) < 4.78 is 77.8. The standard InChI is InChI=1S/C15H17ClF6N2.2ClH/c16-10-1-2-11(12(9-10)15(20,21)22)13(3-4-14(17,18)19)24-7-5-23-6-8-24;;/h1-2,9,13,23H,3-8H2;2*1H/t13-;;/m1../s1. The summed E-state index contributed by atoms with van der Waals surface area (Å²) in [6.07, 6.45) is -10.7. The van der Waals surface area contributed by atoms with Crippen molar-refractivity contribution in [3.63, 3.8) is 0 Å². The molecule has 11 heteroatoms. The molecule has 0 radical (unpaired) electrons. The number of alkyl halides is 6. The van der Waals surface area contributed by atoms with E-state index in [9.17, 15) is 26.3 Å². The Morgan fingerprint density at radius 1 is 1.04 bits per heavy atom. The van der Waals surface area contributed by atoms with E-state index in [1.165, 1.54) is 12.1 Å². The fraction of sp³-hybridized carbons (Fsp3) is 0.600. The van der Waals surface area contributed by atoms with Gasteiger partial charge in [0.2, 0.25) is 0 Å². The highest BCUT2D eigenvalue weighted by Gasteiger charge is 2.38. The molecule has 0 amide bonds. The van der Waals surface area contributed by atoms with E-state index in [0.29, 0.717) is 26.2 Å². The first-order valence-corrected chi connectivity index (χ1v) is 7.84. The van der Waals surface area contributed by atoms with Gasteiger partial charge in [-0.15, -0.1) is 24.8 Å². The lowest BCUT2D eigenvalue weighted by atomic mass is 9.94. The first-order chi connectivity index (χ1) is 11.1. The van der Waals surface area contributed by atoms with Crippen LogP contribution in [0.3, 0.4) is 0 Å². The number of halogens is 9. The van der Waals surface area contributed by atoms with Gasteiger partial charge in [0.15, 0.2) is 0 Å². The van der Waals surface area contributed by atoms with Crippen molar-refractivity contribution in [2.45, 2.75) is 31.2 Å². The molecule has 1 fully saturated rings. The van der Waals surface area contributed by atoms with Gasteiger partial charge in [-0.05, 0) is 24.1 Å². The van der Waals surface area contributed by atoms with Crippen molar-refractivity contribution >= 4 is 36.4 Å². The first-order valence-electron chi connectivity index (χ1n) is 7.46. The number of piperazine rings is 1. The van der Waals surface area contributed by atoms with Crippen molar-refractivity contribution < 1.29 is 26.3 Å². The van der Waals surface area contributed by atoms with Crippen molar-refractivity contribution in [3.8, 4) is 0 Å². The molecule has 1 saturated heterocycles. The summed E-state index contributed by atoms with van der Waals surface area (Å²) in [5.41, 5.74) is -1.13. The molecule has 1 atom stereocenters. The Morgan fingerprint density at radius 3 is 2.12 bits per heavy atom. The number of hydrogen-bond acceptors (Lipinski definition) is 2.